The number of aromatic nitrogens is 2. The fraction of sp³-hybridized carbons (Fsp3) is 0.207. The van der Waals surface area contributed by atoms with E-state index < -0.39 is 29.5 Å². The maximum atomic E-state index is 14.4. The van der Waals surface area contributed by atoms with Gasteiger partial charge in [-0.3, -0.25) is 19.6 Å². The molecule has 0 aliphatic carbocycles. The zero-order valence-electron chi connectivity index (χ0n) is 21.4. The smallest absolute Gasteiger partial charge is 0.416 e. The Bertz CT molecular complexity index is 1540. The van der Waals surface area contributed by atoms with E-state index >= 15 is 0 Å². The van der Waals surface area contributed by atoms with Crippen LogP contribution in [-0.4, -0.2) is 35.7 Å². The van der Waals surface area contributed by atoms with Crippen LogP contribution in [0, 0.1) is 6.92 Å². The first-order valence-electron chi connectivity index (χ1n) is 12.2. The third-order valence-electron chi connectivity index (χ3n) is 6.84. The number of nitrogens with zero attached hydrogens (tertiary/aromatic N) is 3. The third-order valence-corrected chi connectivity index (χ3v) is 6.84. The van der Waals surface area contributed by atoms with Gasteiger partial charge in [-0.05, 0) is 67.4 Å². The molecule has 4 aromatic rings. The molecule has 0 radical (unpaired) electrons. The quantitative estimate of drug-likeness (QED) is 0.308. The predicted octanol–water partition coefficient (Wildman–Crippen LogP) is 6.23. The summed E-state index contributed by atoms with van der Waals surface area (Å²) in [4.78, 5) is 31.1. The molecular weight excluding hydrogens is 509 g/mol. The molecular formula is C29H25F3N4O3. The van der Waals surface area contributed by atoms with Crippen molar-refractivity contribution in [1.29, 1.82) is 0 Å². The Morgan fingerprint density at radius 2 is 1.74 bits per heavy atom. The number of amides is 2. The number of carbonyl (C=O) groups is 2. The van der Waals surface area contributed by atoms with Crippen LogP contribution >= 0.6 is 0 Å². The minimum atomic E-state index is -4.65. The van der Waals surface area contributed by atoms with Crippen molar-refractivity contribution >= 4 is 28.9 Å². The molecule has 1 atom stereocenters. The van der Waals surface area contributed by atoms with Crippen molar-refractivity contribution < 1.29 is 27.5 Å². The number of halogens is 3. The normalized spacial score (nSPS) is 15.8. The first-order valence-corrected chi connectivity index (χ1v) is 12.2. The van der Waals surface area contributed by atoms with Crippen molar-refractivity contribution in [3.05, 3.63) is 89.7 Å². The number of hydrogen-bond donors (Lipinski definition) is 1. The number of rotatable bonds is 5. The van der Waals surface area contributed by atoms with Crippen LogP contribution in [-0.2, 0) is 15.8 Å². The van der Waals surface area contributed by atoms with E-state index in [9.17, 15) is 22.8 Å². The van der Waals surface area contributed by atoms with Crippen molar-refractivity contribution in [2.45, 2.75) is 25.9 Å². The van der Waals surface area contributed by atoms with Crippen molar-refractivity contribution in [2.24, 2.45) is 0 Å². The van der Waals surface area contributed by atoms with Crippen LogP contribution in [0.1, 0.15) is 29.5 Å². The number of anilines is 3. The number of nitrogens with one attached hydrogen (secondary N) is 1. The Kier molecular flexibility index (Phi) is 6.63. The number of hydrogen-bond acceptors (Lipinski definition) is 4. The summed E-state index contributed by atoms with van der Waals surface area (Å²) < 4.78 is 47.0. The van der Waals surface area contributed by atoms with Crippen LogP contribution in [0.5, 0.6) is 5.75 Å². The molecule has 2 amide bonds. The first-order chi connectivity index (χ1) is 18.7. The lowest BCUT2D eigenvalue weighted by atomic mass is 9.90. The van der Waals surface area contributed by atoms with Gasteiger partial charge in [0.2, 0.25) is 11.8 Å². The second-order valence-corrected chi connectivity index (χ2v) is 9.12. The molecule has 2 heterocycles. The number of fused-ring (bicyclic) bond motifs is 1. The number of benzene rings is 3. The van der Waals surface area contributed by atoms with Gasteiger partial charge in [0.05, 0.1) is 30.2 Å². The molecule has 0 bridgehead atoms. The van der Waals surface area contributed by atoms with Crippen LogP contribution in [0.4, 0.5) is 30.2 Å². The molecule has 7 nitrogen and oxygen atoms in total. The Morgan fingerprint density at radius 1 is 1.00 bits per heavy atom. The summed E-state index contributed by atoms with van der Waals surface area (Å²) in [7, 11) is 1.44. The maximum absolute atomic E-state index is 14.4. The van der Waals surface area contributed by atoms with E-state index in [1.54, 1.807) is 61.8 Å². The van der Waals surface area contributed by atoms with E-state index in [0.717, 1.165) is 28.8 Å². The molecule has 5 rings (SSSR count). The number of carbonyl (C=O) groups excluding carboxylic acids is 2. The van der Waals surface area contributed by atoms with Gasteiger partial charge in [0, 0.05) is 29.6 Å². The second kappa shape index (κ2) is 9.94. The Hall–Kier alpha value is -4.60. The van der Waals surface area contributed by atoms with Gasteiger partial charge in [-0.1, -0.05) is 18.2 Å². The van der Waals surface area contributed by atoms with Gasteiger partial charge in [-0.2, -0.15) is 18.3 Å². The fourth-order valence-corrected chi connectivity index (χ4v) is 4.98. The SMILES string of the molecule is CCN1C(=O)C(c2cc(-c3cn[nH]c3)c(C)cc2OC)C(=O)N(c2ccccc2)c2cc(C(F)(F)F)ccc21. The zero-order chi connectivity index (χ0) is 27.9. The number of methoxy groups -OCH3 is 1. The van der Waals surface area contributed by atoms with Gasteiger partial charge in [0.25, 0.3) is 0 Å². The molecule has 0 fully saturated rings. The largest absolute Gasteiger partial charge is 0.496 e. The van der Waals surface area contributed by atoms with E-state index in [2.05, 4.69) is 10.2 Å². The van der Waals surface area contributed by atoms with Crippen LogP contribution < -0.4 is 14.5 Å². The van der Waals surface area contributed by atoms with Gasteiger partial charge in [0.15, 0.2) is 0 Å². The minimum absolute atomic E-state index is 0.0279. The highest BCUT2D eigenvalue weighted by atomic mass is 19.4. The highest BCUT2D eigenvalue weighted by molar-refractivity contribution is 6.23. The number of aryl methyl sites for hydroxylation is 1. The lowest BCUT2D eigenvalue weighted by Gasteiger charge is -2.26. The van der Waals surface area contributed by atoms with Crippen molar-refractivity contribution in [3.63, 3.8) is 0 Å². The molecule has 39 heavy (non-hydrogen) atoms. The van der Waals surface area contributed by atoms with Crippen LogP contribution in [0.25, 0.3) is 11.1 Å². The van der Waals surface area contributed by atoms with E-state index in [4.69, 9.17) is 4.74 Å². The third kappa shape index (κ3) is 4.52. The van der Waals surface area contributed by atoms with Gasteiger partial charge in [-0.15, -0.1) is 0 Å². The Morgan fingerprint density at radius 3 is 2.36 bits per heavy atom. The fourth-order valence-electron chi connectivity index (χ4n) is 4.98. The summed E-state index contributed by atoms with van der Waals surface area (Å²) in [5, 5.41) is 6.76. The monoisotopic (exact) mass is 534 g/mol. The molecule has 1 N–H and O–H groups in total. The van der Waals surface area contributed by atoms with Gasteiger partial charge >= 0.3 is 6.18 Å². The van der Waals surface area contributed by atoms with Crippen molar-refractivity contribution in [3.8, 4) is 16.9 Å². The molecule has 3 aromatic carbocycles. The summed E-state index contributed by atoms with van der Waals surface area (Å²) in [5.41, 5.74) is 2.20. The van der Waals surface area contributed by atoms with E-state index in [1.807, 2.05) is 6.92 Å². The molecule has 1 unspecified atom stereocenters. The number of H-pyrrole nitrogens is 1. The van der Waals surface area contributed by atoms with E-state index in [0.29, 0.717) is 17.0 Å². The van der Waals surface area contributed by atoms with Crippen LogP contribution in [0.15, 0.2) is 73.1 Å². The molecule has 10 heteroatoms. The zero-order valence-corrected chi connectivity index (χ0v) is 21.4. The molecule has 1 aromatic heterocycles. The summed E-state index contributed by atoms with van der Waals surface area (Å²) >= 11 is 0. The number of alkyl halides is 3. The highest BCUT2D eigenvalue weighted by Gasteiger charge is 2.44. The molecule has 0 saturated carbocycles. The lowest BCUT2D eigenvalue weighted by Crippen LogP contribution is -2.39. The average molecular weight is 535 g/mol. The topological polar surface area (TPSA) is 78.5 Å². The molecule has 200 valence electrons. The molecule has 0 saturated heterocycles. The predicted molar refractivity (Wildman–Crippen MR) is 141 cm³/mol. The molecule has 1 aliphatic rings. The van der Waals surface area contributed by atoms with Gasteiger partial charge < -0.3 is 9.64 Å². The van der Waals surface area contributed by atoms with Crippen LogP contribution in [0.2, 0.25) is 0 Å². The minimum Gasteiger partial charge on any atom is -0.496 e. The highest BCUT2D eigenvalue weighted by Crippen LogP contribution is 2.46. The number of aromatic amines is 1. The average Bonchev–Trinajstić information content (AvgIpc) is 3.42. The van der Waals surface area contributed by atoms with Gasteiger partial charge in [-0.25, -0.2) is 0 Å². The number of likely N-dealkylation sites (N-methyl/N-ethyl adjacent to an activating group) is 1. The summed E-state index contributed by atoms with van der Waals surface area (Å²) in [5.74, 6) is -2.34. The number of para-hydroxylation sites is 1. The standard InChI is InChI=1S/C29H25F3N4O3/c1-4-35-23-11-10-19(29(30,31)32)13-24(23)36(20-8-6-5-7-9-20)28(38)26(27(35)37)22-14-21(18-15-33-34-16-18)17(2)12-25(22)39-3/h5-16,26H,4H2,1-3H3,(H,33,34). The maximum Gasteiger partial charge on any atom is 0.416 e. The first kappa shape index (κ1) is 26.0. The van der Waals surface area contributed by atoms with E-state index in [-0.39, 0.29) is 17.9 Å². The van der Waals surface area contributed by atoms with E-state index in [1.165, 1.54) is 23.0 Å². The van der Waals surface area contributed by atoms with Crippen molar-refractivity contribution in [1.82, 2.24) is 10.2 Å². The second-order valence-electron chi connectivity index (χ2n) is 9.12. The lowest BCUT2D eigenvalue weighted by molar-refractivity contribution is -0.137. The molecule has 0 spiro atoms. The summed E-state index contributed by atoms with van der Waals surface area (Å²) in [6, 6.07) is 14.9. The molecule has 1 aliphatic heterocycles. The Balaban J connectivity index is 1.79. The summed E-state index contributed by atoms with van der Waals surface area (Å²) in [6.45, 7) is 3.71. The van der Waals surface area contributed by atoms with Gasteiger partial charge in [0.1, 0.15) is 11.7 Å². The van der Waals surface area contributed by atoms with Crippen molar-refractivity contribution in [2.75, 3.05) is 23.5 Å². The Labute approximate surface area is 222 Å². The summed E-state index contributed by atoms with van der Waals surface area (Å²) in [6.07, 6.45) is -1.33. The van der Waals surface area contributed by atoms with Crippen LogP contribution in [0.3, 0.4) is 0 Å². The number of ether oxygens (including phenoxy) is 1.